The molecule has 10 nitrogen and oxygen atoms in total. The molecule has 0 aromatic heterocycles. The van der Waals surface area contributed by atoms with Gasteiger partial charge in [0.1, 0.15) is 12.1 Å². The molecule has 11 heteroatoms. The zero-order valence-corrected chi connectivity index (χ0v) is 26.1. The molecule has 0 aromatic carbocycles. The lowest BCUT2D eigenvalue weighted by Crippen LogP contribution is -2.61. The second-order valence-corrected chi connectivity index (χ2v) is 14.0. The molecule has 4 N–H and O–H groups in total. The minimum Gasteiger partial charge on any atom is -0.345 e. The van der Waals surface area contributed by atoms with Crippen LogP contribution in [0.1, 0.15) is 81.1 Å². The fourth-order valence-corrected chi connectivity index (χ4v) is 4.91. The van der Waals surface area contributed by atoms with Crippen LogP contribution in [-0.4, -0.2) is 89.7 Å². The Morgan fingerprint density at radius 1 is 0.974 bits per heavy atom. The zero-order chi connectivity index (χ0) is 29.5. The largest absolute Gasteiger partial charge is 0.345 e. The Bertz CT molecular complexity index is 867. The highest BCUT2D eigenvalue weighted by atomic mass is 32.1. The van der Waals surface area contributed by atoms with Gasteiger partial charge in [0.05, 0.1) is 6.04 Å². The van der Waals surface area contributed by atoms with E-state index in [-0.39, 0.29) is 29.1 Å². The number of carbonyl (C=O) groups excluding carboxylic acids is 4. The van der Waals surface area contributed by atoms with E-state index in [0.29, 0.717) is 25.9 Å². The van der Waals surface area contributed by atoms with Crippen LogP contribution in [0.15, 0.2) is 0 Å². The Labute approximate surface area is 240 Å². The number of hydrogen-bond donors (Lipinski definition) is 5. The molecule has 4 amide bonds. The number of urea groups is 1. The molecule has 224 valence electrons. The van der Waals surface area contributed by atoms with Crippen molar-refractivity contribution in [3.63, 3.8) is 0 Å². The minimum absolute atomic E-state index is 0.144. The molecule has 1 saturated carbocycles. The standard InChI is InChI=1S/C28H52N6O4S/c1-18(19(2)35)30-24(36)21-10-9-14-34(21)25(37)23(28(6,7)8)32-26(38)31-22(27(3,4)5)16-29-13-15-33(39)17-20-11-12-20/h18,20-23,29,39H,9-17H2,1-8H3,(H,30,36)(H2,31,32,38). The smallest absolute Gasteiger partial charge is 0.315 e. The van der Waals surface area contributed by atoms with E-state index in [2.05, 4.69) is 54.9 Å². The lowest BCUT2D eigenvalue weighted by Gasteiger charge is -2.37. The second kappa shape index (κ2) is 14.2. The Balaban J connectivity index is 2.00. The lowest BCUT2D eigenvalue weighted by molar-refractivity contribution is -0.142. The number of nitrogens with one attached hydrogen (secondary N) is 4. The van der Waals surface area contributed by atoms with E-state index >= 15 is 0 Å². The van der Waals surface area contributed by atoms with E-state index in [1.54, 1.807) is 11.8 Å². The summed E-state index contributed by atoms with van der Waals surface area (Å²) in [6.45, 7) is 18.5. The quantitative estimate of drug-likeness (QED) is 0.172. The fraction of sp³-hybridized carbons (Fsp3) is 0.857. The van der Waals surface area contributed by atoms with E-state index in [0.717, 1.165) is 25.6 Å². The molecule has 0 spiro atoms. The highest BCUT2D eigenvalue weighted by Gasteiger charge is 2.42. The van der Waals surface area contributed by atoms with Gasteiger partial charge in [0, 0.05) is 38.8 Å². The molecule has 1 aliphatic carbocycles. The van der Waals surface area contributed by atoms with Gasteiger partial charge in [-0.05, 0) is 56.3 Å². The molecule has 2 fully saturated rings. The topological polar surface area (TPSA) is 123 Å². The number of amides is 4. The van der Waals surface area contributed by atoms with Gasteiger partial charge in [0.25, 0.3) is 0 Å². The number of carbonyl (C=O) groups is 4. The maximum atomic E-state index is 13.7. The summed E-state index contributed by atoms with van der Waals surface area (Å²) >= 11 is 4.55. The number of Topliss-reactive ketones (excluding diaryl/α,β-unsaturated/α-hetero) is 1. The van der Waals surface area contributed by atoms with Crippen LogP contribution < -0.4 is 21.3 Å². The normalized spacial score (nSPS) is 20.4. The molecule has 4 atom stereocenters. The van der Waals surface area contributed by atoms with Crippen LogP contribution in [0.2, 0.25) is 0 Å². The molecule has 0 aromatic rings. The third-order valence-electron chi connectivity index (χ3n) is 7.61. The number of likely N-dealkylation sites (tertiary alicyclic amines) is 1. The Morgan fingerprint density at radius 2 is 1.62 bits per heavy atom. The first kappa shape index (κ1) is 33.4. The monoisotopic (exact) mass is 568 g/mol. The van der Waals surface area contributed by atoms with Gasteiger partial charge in [-0.3, -0.25) is 18.7 Å². The lowest BCUT2D eigenvalue weighted by atomic mass is 9.85. The van der Waals surface area contributed by atoms with Gasteiger partial charge in [0.15, 0.2) is 5.78 Å². The highest BCUT2D eigenvalue weighted by molar-refractivity contribution is 7.77. The average molecular weight is 569 g/mol. The van der Waals surface area contributed by atoms with Gasteiger partial charge >= 0.3 is 6.03 Å². The molecule has 2 rings (SSSR count). The number of rotatable bonds is 13. The molecular weight excluding hydrogens is 516 g/mol. The molecule has 1 aliphatic heterocycles. The van der Waals surface area contributed by atoms with E-state index in [1.807, 2.05) is 25.1 Å². The van der Waals surface area contributed by atoms with Crippen LogP contribution in [0.3, 0.4) is 0 Å². The van der Waals surface area contributed by atoms with Crippen LogP contribution in [0.4, 0.5) is 4.79 Å². The van der Waals surface area contributed by atoms with Gasteiger partial charge < -0.3 is 26.2 Å². The number of thiol groups is 1. The van der Waals surface area contributed by atoms with Crippen molar-refractivity contribution in [2.75, 3.05) is 32.7 Å². The molecule has 0 bridgehead atoms. The van der Waals surface area contributed by atoms with E-state index < -0.39 is 29.6 Å². The molecule has 1 saturated heterocycles. The van der Waals surface area contributed by atoms with Gasteiger partial charge in [-0.25, -0.2) is 4.79 Å². The maximum Gasteiger partial charge on any atom is 0.315 e. The first-order valence-corrected chi connectivity index (χ1v) is 14.7. The van der Waals surface area contributed by atoms with Gasteiger partial charge in [0.2, 0.25) is 11.8 Å². The van der Waals surface area contributed by atoms with Crippen molar-refractivity contribution < 1.29 is 19.2 Å². The number of nitrogens with zero attached hydrogens (tertiary/aromatic N) is 2. The third kappa shape index (κ3) is 10.9. The summed E-state index contributed by atoms with van der Waals surface area (Å²) < 4.78 is 2.04. The summed E-state index contributed by atoms with van der Waals surface area (Å²) in [6.07, 6.45) is 3.79. The molecular formula is C28H52N6O4S. The first-order chi connectivity index (χ1) is 18.0. The van der Waals surface area contributed by atoms with Crippen molar-refractivity contribution in [3.8, 4) is 0 Å². The van der Waals surface area contributed by atoms with Crippen molar-refractivity contribution in [2.45, 2.75) is 105 Å². The summed E-state index contributed by atoms with van der Waals surface area (Å²) in [6, 6.07) is -2.70. The van der Waals surface area contributed by atoms with Crippen molar-refractivity contribution in [1.29, 1.82) is 0 Å². The van der Waals surface area contributed by atoms with Gasteiger partial charge in [-0.2, -0.15) is 0 Å². The van der Waals surface area contributed by atoms with Crippen LogP contribution in [0, 0.1) is 16.7 Å². The third-order valence-corrected chi connectivity index (χ3v) is 7.97. The maximum absolute atomic E-state index is 13.7. The highest BCUT2D eigenvalue weighted by Crippen LogP contribution is 2.30. The first-order valence-electron chi connectivity index (χ1n) is 14.3. The Morgan fingerprint density at radius 3 is 2.15 bits per heavy atom. The predicted octanol–water partition coefficient (Wildman–Crippen LogP) is 2.35. The minimum atomic E-state index is -0.829. The van der Waals surface area contributed by atoms with Crippen molar-refractivity contribution in [2.24, 2.45) is 16.7 Å². The molecule has 4 unspecified atom stereocenters. The molecule has 0 radical (unpaired) electrons. The van der Waals surface area contributed by atoms with Gasteiger partial charge in [-0.15, -0.1) is 0 Å². The number of hydrogen-bond acceptors (Lipinski definition) is 7. The van der Waals surface area contributed by atoms with E-state index in [9.17, 15) is 19.2 Å². The Hall–Kier alpha value is -1.85. The van der Waals surface area contributed by atoms with E-state index in [1.165, 1.54) is 19.8 Å². The molecule has 1 heterocycles. The summed E-state index contributed by atoms with van der Waals surface area (Å²) in [5, 5.41) is 12.1. The van der Waals surface area contributed by atoms with Crippen molar-refractivity contribution in [1.82, 2.24) is 30.5 Å². The molecule has 2 aliphatic rings. The zero-order valence-electron chi connectivity index (χ0n) is 25.2. The predicted molar refractivity (Wildman–Crippen MR) is 157 cm³/mol. The van der Waals surface area contributed by atoms with Crippen LogP contribution in [0.5, 0.6) is 0 Å². The molecule has 39 heavy (non-hydrogen) atoms. The number of ketones is 1. The average Bonchev–Trinajstić information content (AvgIpc) is 3.47. The summed E-state index contributed by atoms with van der Waals surface area (Å²) in [4.78, 5) is 53.0. The summed E-state index contributed by atoms with van der Waals surface area (Å²) in [7, 11) is 0. The SMILES string of the molecule is CC(=O)C(C)NC(=O)C1CCCN1C(=O)C(NC(=O)NC(CNCCN(S)CC1CC1)C(C)(C)C)C(C)(C)C. The van der Waals surface area contributed by atoms with Crippen LogP contribution in [-0.2, 0) is 14.4 Å². The van der Waals surface area contributed by atoms with Gasteiger partial charge in [-0.1, -0.05) is 54.4 Å². The van der Waals surface area contributed by atoms with Crippen LogP contribution >= 0.6 is 12.8 Å². The fourth-order valence-electron chi connectivity index (χ4n) is 4.58. The van der Waals surface area contributed by atoms with E-state index in [4.69, 9.17) is 0 Å². The van der Waals surface area contributed by atoms with Crippen molar-refractivity contribution in [3.05, 3.63) is 0 Å². The second-order valence-electron chi connectivity index (χ2n) is 13.4. The van der Waals surface area contributed by atoms with Crippen LogP contribution in [0.25, 0.3) is 0 Å². The summed E-state index contributed by atoms with van der Waals surface area (Å²) in [5.74, 6) is 0.00870. The van der Waals surface area contributed by atoms with Crippen molar-refractivity contribution >= 4 is 36.4 Å². The summed E-state index contributed by atoms with van der Waals surface area (Å²) in [5.41, 5.74) is -0.802. The Kier molecular flexibility index (Phi) is 12.1.